The summed E-state index contributed by atoms with van der Waals surface area (Å²) in [6.07, 6.45) is 3.74. The Kier molecular flexibility index (Phi) is 6.29. The highest BCUT2D eigenvalue weighted by Gasteiger charge is 2.20. The van der Waals surface area contributed by atoms with Crippen LogP contribution < -0.4 is 0 Å². The molecule has 0 saturated carbocycles. The van der Waals surface area contributed by atoms with Gasteiger partial charge in [0.1, 0.15) is 11.8 Å². The van der Waals surface area contributed by atoms with Crippen LogP contribution >= 0.6 is 35.1 Å². The first-order chi connectivity index (χ1) is 9.06. The Morgan fingerprint density at radius 3 is 2.37 bits per heavy atom. The van der Waals surface area contributed by atoms with Crippen LogP contribution in [0.15, 0.2) is 34.2 Å². The molecule has 100 valence electrons. The van der Waals surface area contributed by atoms with Crippen LogP contribution in [-0.2, 0) is 0 Å². The normalized spacial score (nSPS) is 9.63. The van der Waals surface area contributed by atoms with Gasteiger partial charge >= 0.3 is 0 Å². The van der Waals surface area contributed by atoms with Crippen molar-refractivity contribution in [3.63, 3.8) is 0 Å². The van der Waals surface area contributed by atoms with Gasteiger partial charge in [0.25, 0.3) is 5.91 Å². The van der Waals surface area contributed by atoms with Crippen molar-refractivity contribution in [3.05, 3.63) is 44.8 Å². The number of benzene rings is 1. The van der Waals surface area contributed by atoms with Crippen molar-refractivity contribution in [3.8, 4) is 6.07 Å². The maximum atomic E-state index is 12.3. The van der Waals surface area contributed by atoms with Gasteiger partial charge in [0, 0.05) is 7.05 Å². The van der Waals surface area contributed by atoms with E-state index in [1.165, 1.54) is 28.4 Å². The first kappa shape index (κ1) is 16.0. The lowest BCUT2D eigenvalue weighted by Crippen LogP contribution is -2.26. The van der Waals surface area contributed by atoms with Gasteiger partial charge in [-0.15, -0.1) is 23.5 Å². The smallest absolute Gasteiger partial charge is 0.260 e. The van der Waals surface area contributed by atoms with E-state index in [0.717, 1.165) is 4.24 Å². The maximum absolute atomic E-state index is 12.3. The fourth-order valence-corrected chi connectivity index (χ4v) is 3.09. The van der Waals surface area contributed by atoms with Gasteiger partial charge in [-0.05, 0) is 24.6 Å². The largest absolute Gasteiger partial charge is 0.301 e. The van der Waals surface area contributed by atoms with Crippen LogP contribution in [0.5, 0.6) is 0 Å². The van der Waals surface area contributed by atoms with Gasteiger partial charge in [0.15, 0.2) is 0 Å². The number of thioether (sulfide) groups is 2. The third-order valence-corrected chi connectivity index (χ3v) is 4.87. The Morgan fingerprint density at radius 1 is 1.32 bits per heavy atom. The number of nitriles is 1. The van der Waals surface area contributed by atoms with Crippen molar-refractivity contribution in [1.29, 1.82) is 5.26 Å². The van der Waals surface area contributed by atoms with Gasteiger partial charge in [-0.25, -0.2) is 0 Å². The molecule has 0 unspecified atom stereocenters. The highest BCUT2D eigenvalue weighted by atomic mass is 35.5. The summed E-state index contributed by atoms with van der Waals surface area (Å²) in [7, 11) is 1.58. The van der Waals surface area contributed by atoms with Crippen LogP contribution in [-0.4, -0.2) is 30.4 Å². The minimum absolute atomic E-state index is 0.289. The molecule has 3 nitrogen and oxygen atoms in total. The van der Waals surface area contributed by atoms with Crippen LogP contribution in [0.4, 0.5) is 0 Å². The standard InChI is InChI=1S/C13H13ClN2OS2/c1-16(11(8-15)13(18-2)19-3)12(17)9-6-4-5-7-10(9)14/h4-7H,1-3H3. The number of carbonyl (C=O) groups excluding carboxylic acids is 1. The fourth-order valence-electron chi connectivity index (χ4n) is 1.45. The molecule has 1 aromatic carbocycles. The second-order valence-corrected chi connectivity index (χ2v) is 5.80. The van der Waals surface area contributed by atoms with Crippen molar-refractivity contribution in [2.45, 2.75) is 0 Å². The molecule has 0 spiro atoms. The van der Waals surface area contributed by atoms with Crippen molar-refractivity contribution in [2.24, 2.45) is 0 Å². The van der Waals surface area contributed by atoms with Crippen molar-refractivity contribution >= 4 is 41.0 Å². The third-order valence-electron chi connectivity index (χ3n) is 2.41. The van der Waals surface area contributed by atoms with Gasteiger partial charge in [-0.1, -0.05) is 23.7 Å². The molecule has 0 radical (unpaired) electrons. The lowest BCUT2D eigenvalue weighted by Gasteiger charge is -2.18. The molecular weight excluding hydrogens is 300 g/mol. The average molecular weight is 313 g/mol. The molecule has 0 saturated heterocycles. The molecule has 0 bridgehead atoms. The van der Waals surface area contributed by atoms with Gasteiger partial charge in [0.05, 0.1) is 14.8 Å². The molecule has 0 N–H and O–H groups in total. The Morgan fingerprint density at radius 2 is 1.89 bits per heavy atom. The van der Waals surface area contributed by atoms with E-state index in [0.29, 0.717) is 16.3 Å². The Hall–Kier alpha value is -1.09. The van der Waals surface area contributed by atoms with E-state index in [1.807, 2.05) is 12.5 Å². The Bertz CT molecular complexity index is 546. The van der Waals surface area contributed by atoms with E-state index in [4.69, 9.17) is 11.6 Å². The first-order valence-electron chi connectivity index (χ1n) is 5.31. The van der Waals surface area contributed by atoms with Crippen molar-refractivity contribution < 1.29 is 4.79 Å². The number of amides is 1. The second kappa shape index (κ2) is 7.49. The number of hydrogen-bond donors (Lipinski definition) is 0. The van der Waals surface area contributed by atoms with E-state index >= 15 is 0 Å². The monoisotopic (exact) mass is 312 g/mol. The molecule has 0 aliphatic heterocycles. The van der Waals surface area contributed by atoms with Crippen LogP contribution in [0.2, 0.25) is 5.02 Å². The average Bonchev–Trinajstić information content (AvgIpc) is 2.43. The highest BCUT2D eigenvalue weighted by molar-refractivity contribution is 8.21. The zero-order chi connectivity index (χ0) is 14.4. The summed E-state index contributed by atoms with van der Waals surface area (Å²) in [6, 6.07) is 8.88. The number of halogens is 1. The molecular formula is C13H13ClN2OS2. The van der Waals surface area contributed by atoms with Gasteiger partial charge in [0.2, 0.25) is 0 Å². The second-order valence-electron chi connectivity index (χ2n) is 3.50. The number of carbonyl (C=O) groups is 1. The summed E-state index contributed by atoms with van der Waals surface area (Å²) in [4.78, 5) is 13.7. The highest BCUT2D eigenvalue weighted by Crippen LogP contribution is 2.29. The van der Waals surface area contributed by atoms with E-state index in [2.05, 4.69) is 6.07 Å². The summed E-state index contributed by atoms with van der Waals surface area (Å²) in [5, 5.41) is 9.61. The minimum atomic E-state index is -0.289. The third kappa shape index (κ3) is 3.69. The molecule has 0 aliphatic rings. The summed E-state index contributed by atoms with van der Waals surface area (Å²) in [6.45, 7) is 0. The summed E-state index contributed by atoms with van der Waals surface area (Å²) in [5.74, 6) is -0.289. The van der Waals surface area contributed by atoms with E-state index in [-0.39, 0.29) is 5.91 Å². The molecule has 0 fully saturated rings. The molecule has 6 heteroatoms. The minimum Gasteiger partial charge on any atom is -0.301 e. The maximum Gasteiger partial charge on any atom is 0.260 e. The quantitative estimate of drug-likeness (QED) is 0.793. The van der Waals surface area contributed by atoms with Crippen molar-refractivity contribution in [2.75, 3.05) is 19.6 Å². The molecule has 1 aromatic rings. The SMILES string of the molecule is CSC(SC)=C(C#N)N(C)C(=O)c1ccccc1Cl. The number of nitrogens with zero attached hydrogens (tertiary/aromatic N) is 2. The molecule has 0 atom stereocenters. The number of hydrogen-bond acceptors (Lipinski definition) is 4. The van der Waals surface area contributed by atoms with E-state index < -0.39 is 0 Å². The molecule has 1 rings (SSSR count). The zero-order valence-electron chi connectivity index (χ0n) is 10.8. The van der Waals surface area contributed by atoms with Gasteiger partial charge < -0.3 is 4.90 Å². The lowest BCUT2D eigenvalue weighted by atomic mass is 10.2. The predicted molar refractivity (Wildman–Crippen MR) is 83.2 cm³/mol. The first-order valence-corrected chi connectivity index (χ1v) is 8.14. The number of allylic oxidation sites excluding steroid dienone is 1. The molecule has 19 heavy (non-hydrogen) atoms. The van der Waals surface area contributed by atoms with Crippen molar-refractivity contribution in [1.82, 2.24) is 4.90 Å². The van der Waals surface area contributed by atoms with E-state index in [9.17, 15) is 10.1 Å². The van der Waals surface area contributed by atoms with Crippen LogP contribution in [0.25, 0.3) is 0 Å². The molecule has 0 aliphatic carbocycles. The molecule has 1 amide bonds. The van der Waals surface area contributed by atoms with E-state index in [1.54, 1.807) is 31.3 Å². The zero-order valence-corrected chi connectivity index (χ0v) is 13.2. The molecule has 0 aromatic heterocycles. The summed E-state index contributed by atoms with van der Waals surface area (Å²) in [5.41, 5.74) is 0.728. The lowest BCUT2D eigenvalue weighted by molar-refractivity contribution is 0.0841. The topological polar surface area (TPSA) is 44.1 Å². The van der Waals surface area contributed by atoms with Crippen LogP contribution in [0.1, 0.15) is 10.4 Å². The number of rotatable bonds is 4. The van der Waals surface area contributed by atoms with Crippen LogP contribution in [0, 0.1) is 11.3 Å². The summed E-state index contributed by atoms with van der Waals surface area (Å²) < 4.78 is 0.797. The Balaban J connectivity index is 3.17. The fraction of sp³-hybridized carbons (Fsp3) is 0.231. The van der Waals surface area contributed by atoms with Gasteiger partial charge in [-0.3, -0.25) is 4.79 Å². The van der Waals surface area contributed by atoms with Crippen LogP contribution in [0.3, 0.4) is 0 Å². The molecule has 0 heterocycles. The predicted octanol–water partition coefficient (Wildman–Crippen LogP) is 3.83. The van der Waals surface area contributed by atoms with Gasteiger partial charge in [-0.2, -0.15) is 5.26 Å². The Labute approximate surface area is 126 Å². The summed E-state index contributed by atoms with van der Waals surface area (Å²) >= 11 is 8.88.